The molecule has 1 atom stereocenters. The number of hydrogen-bond acceptors (Lipinski definition) is 3. The van der Waals surface area contributed by atoms with Crippen LogP contribution in [0.5, 0.6) is 0 Å². The van der Waals surface area contributed by atoms with Gasteiger partial charge in [-0.3, -0.25) is 0 Å². The lowest BCUT2D eigenvalue weighted by molar-refractivity contribution is 0.199. The summed E-state index contributed by atoms with van der Waals surface area (Å²) in [5.74, 6) is 0.601. The van der Waals surface area contributed by atoms with Crippen molar-refractivity contribution in [1.29, 1.82) is 0 Å². The molecule has 1 aromatic rings. The van der Waals surface area contributed by atoms with E-state index in [2.05, 4.69) is 43.8 Å². The summed E-state index contributed by atoms with van der Waals surface area (Å²) in [5.41, 5.74) is 2.18. The van der Waals surface area contributed by atoms with Gasteiger partial charge in [-0.2, -0.15) is 0 Å². The highest BCUT2D eigenvalue weighted by Gasteiger charge is 2.15. The van der Waals surface area contributed by atoms with Gasteiger partial charge < -0.3 is 14.9 Å². The third-order valence-corrected chi connectivity index (χ3v) is 3.13. The molecule has 108 valence electrons. The van der Waals surface area contributed by atoms with Gasteiger partial charge in [0.1, 0.15) is 0 Å². The Morgan fingerprint density at radius 1 is 1.05 bits per heavy atom. The van der Waals surface area contributed by atoms with Crippen LogP contribution in [-0.2, 0) is 0 Å². The smallest absolute Gasteiger partial charge is 0.0781 e. The second-order valence-electron chi connectivity index (χ2n) is 5.88. The van der Waals surface area contributed by atoms with E-state index in [4.69, 9.17) is 0 Å². The van der Waals surface area contributed by atoms with E-state index in [1.165, 1.54) is 0 Å². The number of nitrogens with zero attached hydrogens (tertiary/aromatic N) is 2. The lowest BCUT2D eigenvalue weighted by atomic mass is 10.1. The van der Waals surface area contributed by atoms with Crippen molar-refractivity contribution in [3.63, 3.8) is 0 Å². The van der Waals surface area contributed by atoms with Gasteiger partial charge in [-0.25, -0.2) is 0 Å². The van der Waals surface area contributed by atoms with Crippen LogP contribution >= 0.6 is 0 Å². The zero-order valence-corrected chi connectivity index (χ0v) is 12.9. The first kappa shape index (κ1) is 16.0. The first-order chi connectivity index (χ1) is 8.91. The average molecular weight is 264 g/mol. The van der Waals surface area contributed by atoms with Crippen LogP contribution in [0.4, 0.5) is 5.69 Å². The fourth-order valence-corrected chi connectivity index (χ4v) is 2.20. The molecule has 0 aliphatic carbocycles. The molecule has 1 rings (SSSR count). The molecule has 3 nitrogen and oxygen atoms in total. The summed E-state index contributed by atoms with van der Waals surface area (Å²) in [6, 6.07) is 8.17. The van der Waals surface area contributed by atoms with Gasteiger partial charge >= 0.3 is 0 Å². The molecular formula is C16H28N2O. The van der Waals surface area contributed by atoms with Crippen LogP contribution in [0.25, 0.3) is 0 Å². The number of aliphatic hydroxyl groups is 1. The number of aliphatic hydroxyl groups excluding tert-OH is 1. The maximum Gasteiger partial charge on any atom is 0.0781 e. The van der Waals surface area contributed by atoms with Crippen LogP contribution in [0.3, 0.4) is 0 Å². The number of hydrogen-bond donors (Lipinski definition) is 1. The fraction of sp³-hybridized carbons (Fsp3) is 0.625. The molecule has 0 aliphatic heterocycles. The van der Waals surface area contributed by atoms with Crippen molar-refractivity contribution in [2.24, 2.45) is 5.92 Å². The van der Waals surface area contributed by atoms with E-state index in [0.29, 0.717) is 5.92 Å². The van der Waals surface area contributed by atoms with Crippen LogP contribution < -0.4 is 4.90 Å². The highest BCUT2D eigenvalue weighted by Crippen LogP contribution is 2.26. The molecule has 0 saturated heterocycles. The van der Waals surface area contributed by atoms with Gasteiger partial charge in [-0.15, -0.1) is 0 Å². The van der Waals surface area contributed by atoms with Crippen molar-refractivity contribution in [3.8, 4) is 0 Å². The van der Waals surface area contributed by atoms with Gasteiger partial charge in [0.2, 0.25) is 0 Å². The summed E-state index contributed by atoms with van der Waals surface area (Å²) in [4.78, 5) is 4.57. The average Bonchev–Trinajstić information content (AvgIpc) is 2.33. The molecule has 0 unspecified atom stereocenters. The third-order valence-electron chi connectivity index (χ3n) is 3.13. The molecule has 3 heteroatoms. The summed E-state index contributed by atoms with van der Waals surface area (Å²) < 4.78 is 0. The molecule has 0 bridgehead atoms. The van der Waals surface area contributed by atoms with Gasteiger partial charge in [0.25, 0.3) is 0 Å². The molecule has 0 spiro atoms. The van der Waals surface area contributed by atoms with E-state index in [9.17, 15) is 5.11 Å². The molecule has 0 aromatic heterocycles. The molecule has 0 saturated carbocycles. The third kappa shape index (κ3) is 5.21. The minimum absolute atomic E-state index is 0.426. The standard InChI is InChI=1S/C16H28N2O/c1-13(2)12-18(11-10-17(4)5)16-9-7-6-8-15(16)14(3)19/h6-9,13-14,19H,10-12H2,1-5H3/t14-/m0/s1. The van der Waals surface area contributed by atoms with Gasteiger partial charge in [-0.1, -0.05) is 32.0 Å². The minimum Gasteiger partial charge on any atom is -0.389 e. The van der Waals surface area contributed by atoms with Gasteiger partial charge in [0.05, 0.1) is 6.10 Å². The zero-order valence-electron chi connectivity index (χ0n) is 12.9. The van der Waals surface area contributed by atoms with Gasteiger partial charge in [0, 0.05) is 30.9 Å². The topological polar surface area (TPSA) is 26.7 Å². The predicted octanol–water partition coefficient (Wildman–Crippen LogP) is 2.76. The van der Waals surface area contributed by atoms with E-state index < -0.39 is 6.10 Å². The first-order valence-corrected chi connectivity index (χ1v) is 7.08. The molecule has 1 N–H and O–H groups in total. The van der Waals surface area contributed by atoms with Crippen LogP contribution in [0.1, 0.15) is 32.4 Å². The predicted molar refractivity (Wildman–Crippen MR) is 82.7 cm³/mol. The van der Waals surface area contributed by atoms with Crippen molar-refractivity contribution in [3.05, 3.63) is 29.8 Å². The Morgan fingerprint density at radius 2 is 1.68 bits per heavy atom. The lowest BCUT2D eigenvalue weighted by Crippen LogP contribution is -2.35. The molecule has 0 radical (unpaired) electrons. The largest absolute Gasteiger partial charge is 0.389 e. The molecule has 0 amide bonds. The van der Waals surface area contributed by atoms with Crippen molar-refractivity contribution >= 4 is 5.69 Å². The molecule has 0 aliphatic rings. The maximum absolute atomic E-state index is 9.93. The Kier molecular flexibility index (Phi) is 6.32. The number of likely N-dealkylation sites (N-methyl/N-ethyl adjacent to an activating group) is 1. The second-order valence-corrected chi connectivity index (χ2v) is 5.88. The lowest BCUT2D eigenvalue weighted by Gasteiger charge is -2.30. The number of para-hydroxylation sites is 1. The fourth-order valence-electron chi connectivity index (χ4n) is 2.20. The Balaban J connectivity index is 2.95. The molecule has 0 fully saturated rings. The molecular weight excluding hydrogens is 236 g/mol. The van der Waals surface area contributed by atoms with Crippen molar-refractivity contribution in [1.82, 2.24) is 4.90 Å². The van der Waals surface area contributed by atoms with Gasteiger partial charge in [0.15, 0.2) is 0 Å². The van der Waals surface area contributed by atoms with Crippen LogP contribution in [0, 0.1) is 5.92 Å². The summed E-state index contributed by atoms with van der Waals surface area (Å²) in [6.07, 6.45) is -0.426. The normalized spacial score (nSPS) is 13.1. The molecule has 19 heavy (non-hydrogen) atoms. The van der Waals surface area contributed by atoms with E-state index >= 15 is 0 Å². The first-order valence-electron chi connectivity index (χ1n) is 7.08. The number of anilines is 1. The Labute approximate surface area is 117 Å². The van der Waals surface area contributed by atoms with E-state index in [1.807, 2.05) is 25.1 Å². The van der Waals surface area contributed by atoms with Gasteiger partial charge in [-0.05, 0) is 33.0 Å². The Morgan fingerprint density at radius 3 is 2.21 bits per heavy atom. The summed E-state index contributed by atoms with van der Waals surface area (Å²) >= 11 is 0. The maximum atomic E-state index is 9.93. The summed E-state index contributed by atoms with van der Waals surface area (Å²) in [6.45, 7) is 9.30. The molecule has 1 aromatic carbocycles. The Hall–Kier alpha value is -1.06. The zero-order chi connectivity index (χ0) is 14.4. The number of benzene rings is 1. The highest BCUT2D eigenvalue weighted by atomic mass is 16.3. The van der Waals surface area contributed by atoms with Crippen molar-refractivity contribution in [2.45, 2.75) is 26.9 Å². The SMILES string of the molecule is CC(C)CN(CCN(C)C)c1ccccc1[C@H](C)O. The Bertz CT molecular complexity index is 375. The summed E-state index contributed by atoms with van der Waals surface area (Å²) in [7, 11) is 4.18. The molecule has 0 heterocycles. The summed E-state index contributed by atoms with van der Waals surface area (Å²) in [5, 5.41) is 9.93. The second kappa shape index (κ2) is 7.51. The van der Waals surface area contributed by atoms with Crippen LogP contribution in [0.2, 0.25) is 0 Å². The number of rotatable bonds is 7. The minimum atomic E-state index is -0.426. The van der Waals surface area contributed by atoms with E-state index in [1.54, 1.807) is 0 Å². The van der Waals surface area contributed by atoms with Crippen molar-refractivity contribution < 1.29 is 5.11 Å². The van der Waals surface area contributed by atoms with Crippen LogP contribution in [-0.4, -0.2) is 43.7 Å². The quantitative estimate of drug-likeness (QED) is 0.820. The monoisotopic (exact) mass is 264 g/mol. The van der Waals surface area contributed by atoms with E-state index in [0.717, 1.165) is 30.9 Å². The highest BCUT2D eigenvalue weighted by molar-refractivity contribution is 5.54. The van der Waals surface area contributed by atoms with Crippen molar-refractivity contribution in [2.75, 3.05) is 38.6 Å². The van der Waals surface area contributed by atoms with E-state index in [-0.39, 0.29) is 0 Å². The van der Waals surface area contributed by atoms with Crippen LogP contribution in [0.15, 0.2) is 24.3 Å².